The number of anilines is 1. The lowest BCUT2D eigenvalue weighted by Gasteiger charge is -2.14. The summed E-state index contributed by atoms with van der Waals surface area (Å²) in [5.74, 6) is 0.593. The van der Waals surface area contributed by atoms with Crippen molar-refractivity contribution in [2.45, 2.75) is 38.0 Å². The van der Waals surface area contributed by atoms with E-state index in [1.54, 1.807) is 17.8 Å². The molecule has 3 heterocycles. The van der Waals surface area contributed by atoms with Crippen LogP contribution in [0.5, 0.6) is 5.75 Å². The zero-order valence-corrected chi connectivity index (χ0v) is 17.3. The molecule has 1 fully saturated rings. The molecule has 8 heteroatoms. The monoisotopic (exact) mass is 419 g/mol. The Kier molecular flexibility index (Phi) is 4.99. The van der Waals surface area contributed by atoms with Crippen LogP contribution >= 0.6 is 0 Å². The molecule has 4 N–H and O–H groups in total. The van der Waals surface area contributed by atoms with E-state index in [2.05, 4.69) is 20.7 Å². The molecule has 1 amide bonds. The highest BCUT2D eigenvalue weighted by Gasteiger charge is 2.23. The second-order valence-electron chi connectivity index (χ2n) is 7.99. The third-order valence-electron chi connectivity index (χ3n) is 5.98. The predicted octanol–water partition coefficient (Wildman–Crippen LogP) is 3.08. The van der Waals surface area contributed by atoms with Gasteiger partial charge in [0.05, 0.1) is 36.0 Å². The smallest absolute Gasteiger partial charge is 0.255 e. The largest absolute Gasteiger partial charge is 0.495 e. The summed E-state index contributed by atoms with van der Waals surface area (Å²) in [6.07, 6.45) is 7.56. The van der Waals surface area contributed by atoms with Gasteiger partial charge in [0, 0.05) is 36.1 Å². The van der Waals surface area contributed by atoms with E-state index in [0.717, 1.165) is 52.7 Å². The Hall–Kier alpha value is -3.52. The highest BCUT2D eigenvalue weighted by atomic mass is 16.5. The lowest BCUT2D eigenvalue weighted by atomic mass is 10.1. The van der Waals surface area contributed by atoms with Gasteiger partial charge in [-0.3, -0.25) is 4.79 Å². The molecule has 0 saturated heterocycles. The Labute approximate surface area is 179 Å². The predicted molar refractivity (Wildman–Crippen MR) is 118 cm³/mol. The molecule has 0 bridgehead atoms. The number of fused-ring (bicyclic) bond motifs is 2. The molecule has 0 spiro atoms. The average molecular weight is 419 g/mol. The number of aliphatic hydroxyl groups is 1. The van der Waals surface area contributed by atoms with Gasteiger partial charge in [-0.05, 0) is 49.1 Å². The summed E-state index contributed by atoms with van der Waals surface area (Å²) in [6.45, 7) is 0.395. The Bertz CT molecular complexity index is 1240. The number of amides is 1. The summed E-state index contributed by atoms with van der Waals surface area (Å²) in [6, 6.07) is 9.96. The number of ether oxygens (including phenoxy) is 1. The van der Waals surface area contributed by atoms with Crippen LogP contribution in [0.25, 0.3) is 16.4 Å². The van der Waals surface area contributed by atoms with Gasteiger partial charge in [0.25, 0.3) is 5.91 Å². The van der Waals surface area contributed by atoms with E-state index < -0.39 is 0 Å². The lowest BCUT2D eigenvalue weighted by molar-refractivity contribution is 0.0952. The summed E-state index contributed by atoms with van der Waals surface area (Å²) < 4.78 is 7.08. The number of hydrogen-bond acceptors (Lipinski definition) is 5. The van der Waals surface area contributed by atoms with E-state index >= 15 is 0 Å². The van der Waals surface area contributed by atoms with Gasteiger partial charge in [-0.1, -0.05) is 6.07 Å². The summed E-state index contributed by atoms with van der Waals surface area (Å²) in [5, 5.41) is 21.5. The van der Waals surface area contributed by atoms with Crippen LogP contribution in [0.3, 0.4) is 0 Å². The first-order chi connectivity index (χ1) is 15.1. The lowest BCUT2D eigenvalue weighted by Crippen LogP contribution is -2.22. The van der Waals surface area contributed by atoms with E-state index in [4.69, 9.17) is 4.74 Å². The molecule has 160 valence electrons. The molecular weight excluding hydrogens is 394 g/mol. The summed E-state index contributed by atoms with van der Waals surface area (Å²) in [5.41, 5.74) is 4.10. The van der Waals surface area contributed by atoms with Gasteiger partial charge in [-0.2, -0.15) is 5.10 Å². The van der Waals surface area contributed by atoms with Crippen molar-refractivity contribution in [3.8, 4) is 5.75 Å². The van der Waals surface area contributed by atoms with Gasteiger partial charge < -0.3 is 25.5 Å². The number of methoxy groups -OCH3 is 1. The van der Waals surface area contributed by atoms with Gasteiger partial charge in [-0.15, -0.1) is 0 Å². The molecule has 3 aromatic heterocycles. The SMILES string of the molecule is COc1ccc(CNC(=O)c2cnn3ccc(N[C@H]4CC[C@H](O)C4)cc23)c2cc[nH]c12. The number of hydrogen-bond donors (Lipinski definition) is 4. The van der Waals surface area contributed by atoms with E-state index in [1.807, 2.05) is 42.7 Å². The van der Waals surface area contributed by atoms with Crippen molar-refractivity contribution in [1.29, 1.82) is 0 Å². The van der Waals surface area contributed by atoms with Crippen molar-refractivity contribution in [3.05, 3.63) is 60.0 Å². The highest BCUT2D eigenvalue weighted by molar-refractivity contribution is 6.01. The quantitative estimate of drug-likeness (QED) is 0.385. The van der Waals surface area contributed by atoms with Gasteiger partial charge in [0.2, 0.25) is 0 Å². The number of carbonyl (C=O) groups is 1. The zero-order chi connectivity index (χ0) is 21.4. The maximum atomic E-state index is 12.9. The molecule has 1 aliphatic rings. The number of benzene rings is 1. The molecule has 5 rings (SSSR count). The molecule has 1 aliphatic carbocycles. The van der Waals surface area contributed by atoms with E-state index in [9.17, 15) is 9.90 Å². The molecule has 4 aromatic rings. The molecule has 31 heavy (non-hydrogen) atoms. The van der Waals surface area contributed by atoms with Crippen molar-refractivity contribution >= 4 is 28.0 Å². The van der Waals surface area contributed by atoms with Gasteiger partial charge >= 0.3 is 0 Å². The first-order valence-corrected chi connectivity index (χ1v) is 10.5. The second-order valence-corrected chi connectivity index (χ2v) is 7.99. The van der Waals surface area contributed by atoms with Crippen molar-refractivity contribution < 1.29 is 14.6 Å². The molecule has 0 radical (unpaired) electrons. The minimum atomic E-state index is -0.234. The van der Waals surface area contributed by atoms with Crippen LogP contribution in [0, 0.1) is 0 Å². The number of aromatic nitrogens is 3. The van der Waals surface area contributed by atoms with Crippen LogP contribution in [0.4, 0.5) is 5.69 Å². The number of carbonyl (C=O) groups excluding carboxylic acids is 1. The van der Waals surface area contributed by atoms with Crippen molar-refractivity contribution in [2.75, 3.05) is 12.4 Å². The molecule has 0 aliphatic heterocycles. The third kappa shape index (κ3) is 3.70. The average Bonchev–Trinajstić information content (AvgIpc) is 3.51. The molecule has 0 unspecified atom stereocenters. The van der Waals surface area contributed by atoms with Gasteiger partial charge in [-0.25, -0.2) is 4.52 Å². The van der Waals surface area contributed by atoms with Crippen LogP contribution in [0.15, 0.2) is 48.9 Å². The first kappa shape index (κ1) is 19.4. The van der Waals surface area contributed by atoms with Crippen molar-refractivity contribution in [1.82, 2.24) is 19.9 Å². The summed E-state index contributed by atoms with van der Waals surface area (Å²) in [4.78, 5) is 16.1. The number of nitrogens with one attached hydrogen (secondary N) is 3. The maximum absolute atomic E-state index is 12.9. The Morgan fingerprint density at radius 1 is 1.32 bits per heavy atom. The number of aromatic amines is 1. The fraction of sp³-hybridized carbons (Fsp3) is 0.304. The molecule has 1 aromatic carbocycles. The zero-order valence-electron chi connectivity index (χ0n) is 17.3. The van der Waals surface area contributed by atoms with E-state index in [0.29, 0.717) is 12.1 Å². The number of pyridine rings is 1. The molecular formula is C23H25N5O3. The van der Waals surface area contributed by atoms with Crippen molar-refractivity contribution in [3.63, 3.8) is 0 Å². The number of rotatable bonds is 6. The number of aliphatic hydroxyl groups excluding tert-OH is 1. The second kappa shape index (κ2) is 7.96. The number of H-pyrrole nitrogens is 1. The Morgan fingerprint density at radius 3 is 3.03 bits per heavy atom. The van der Waals surface area contributed by atoms with E-state index in [-0.39, 0.29) is 18.1 Å². The Balaban J connectivity index is 1.34. The third-order valence-corrected chi connectivity index (χ3v) is 5.98. The first-order valence-electron chi connectivity index (χ1n) is 10.5. The minimum absolute atomic E-state index is 0.178. The Morgan fingerprint density at radius 2 is 2.23 bits per heavy atom. The van der Waals surface area contributed by atoms with Crippen molar-refractivity contribution in [2.24, 2.45) is 0 Å². The van der Waals surface area contributed by atoms with Crippen LogP contribution in [0.1, 0.15) is 35.2 Å². The topological polar surface area (TPSA) is 104 Å². The highest BCUT2D eigenvalue weighted by Crippen LogP contribution is 2.27. The van der Waals surface area contributed by atoms with E-state index in [1.165, 1.54) is 0 Å². The van der Waals surface area contributed by atoms with Gasteiger partial charge in [0.1, 0.15) is 5.75 Å². The fourth-order valence-electron chi connectivity index (χ4n) is 4.36. The summed E-state index contributed by atoms with van der Waals surface area (Å²) >= 11 is 0. The maximum Gasteiger partial charge on any atom is 0.255 e. The number of nitrogens with zero attached hydrogens (tertiary/aromatic N) is 2. The van der Waals surface area contributed by atoms with Crippen LogP contribution < -0.4 is 15.4 Å². The normalized spacial score (nSPS) is 18.5. The van der Waals surface area contributed by atoms with Crippen LogP contribution in [0.2, 0.25) is 0 Å². The standard InChI is InChI=1S/C23H25N5O3/c1-31-21-5-2-14(18-6-8-24-22(18)21)12-25-23(30)19-13-26-28-9-7-16(11-20(19)28)27-15-3-4-17(29)10-15/h2,5-9,11,13,15,17,24,27,29H,3-4,10,12H2,1H3,(H,25,30)/t15-,17-/m0/s1. The molecule has 2 atom stereocenters. The fourth-order valence-corrected chi connectivity index (χ4v) is 4.36. The summed E-state index contributed by atoms with van der Waals surface area (Å²) in [7, 11) is 1.64. The molecule has 8 nitrogen and oxygen atoms in total. The van der Waals surface area contributed by atoms with Crippen LogP contribution in [-0.2, 0) is 6.54 Å². The minimum Gasteiger partial charge on any atom is -0.495 e. The van der Waals surface area contributed by atoms with Gasteiger partial charge in [0.15, 0.2) is 0 Å². The van der Waals surface area contributed by atoms with Crippen LogP contribution in [-0.4, -0.2) is 44.9 Å². The molecule has 1 saturated carbocycles.